The van der Waals surface area contributed by atoms with Gasteiger partial charge in [-0.1, -0.05) is 26.2 Å². The number of sulfone groups is 1. The van der Waals surface area contributed by atoms with Crippen molar-refractivity contribution in [3.63, 3.8) is 0 Å². The second-order valence-corrected chi connectivity index (χ2v) is 9.62. The van der Waals surface area contributed by atoms with E-state index < -0.39 is 9.84 Å². The Morgan fingerprint density at radius 3 is 2.16 bits per heavy atom. The van der Waals surface area contributed by atoms with Crippen LogP contribution in [0.5, 0.6) is 0 Å². The zero-order chi connectivity index (χ0) is 14.6. The normalized spacial score (nSPS) is 20.4. The van der Waals surface area contributed by atoms with Gasteiger partial charge < -0.3 is 5.32 Å². The monoisotopic (exact) mass is 289 g/mol. The van der Waals surface area contributed by atoms with Gasteiger partial charge in [-0.15, -0.1) is 0 Å². The smallest absolute Gasteiger partial charge is 0.150 e. The first-order valence-corrected chi connectivity index (χ1v) is 9.46. The summed E-state index contributed by atoms with van der Waals surface area (Å²) >= 11 is 0. The topological polar surface area (TPSA) is 46.2 Å². The summed E-state index contributed by atoms with van der Waals surface area (Å²) < 4.78 is 23.5. The fourth-order valence-corrected chi connectivity index (χ4v) is 3.82. The lowest BCUT2D eigenvalue weighted by atomic mass is 9.72. The maximum absolute atomic E-state index is 11.8. The van der Waals surface area contributed by atoms with E-state index in [1.165, 1.54) is 32.1 Å². The second-order valence-electron chi connectivity index (χ2n) is 7.15. The van der Waals surface area contributed by atoms with Gasteiger partial charge in [0.2, 0.25) is 0 Å². The molecule has 0 amide bonds. The molecule has 0 aliphatic heterocycles. The van der Waals surface area contributed by atoms with Crippen molar-refractivity contribution in [1.29, 1.82) is 0 Å². The van der Waals surface area contributed by atoms with Crippen molar-refractivity contribution in [1.82, 2.24) is 5.32 Å². The highest BCUT2D eigenvalue weighted by molar-refractivity contribution is 7.91. The maximum atomic E-state index is 11.8. The molecular weight excluding hydrogens is 258 g/mol. The molecule has 0 aromatic rings. The van der Waals surface area contributed by atoms with Crippen molar-refractivity contribution >= 4 is 9.84 Å². The lowest BCUT2D eigenvalue weighted by Crippen LogP contribution is -2.45. The first kappa shape index (κ1) is 17.0. The quantitative estimate of drug-likeness (QED) is 0.817. The van der Waals surface area contributed by atoms with Gasteiger partial charge in [-0.25, -0.2) is 8.42 Å². The molecule has 4 heteroatoms. The average molecular weight is 289 g/mol. The predicted molar refractivity (Wildman–Crippen MR) is 82.2 cm³/mol. The van der Waals surface area contributed by atoms with Crippen molar-refractivity contribution in [3.8, 4) is 0 Å². The third-order valence-corrected chi connectivity index (χ3v) is 6.00. The Kier molecular flexibility index (Phi) is 5.87. The third-order valence-electron chi connectivity index (χ3n) is 4.29. The van der Waals surface area contributed by atoms with Crippen molar-refractivity contribution in [2.75, 3.05) is 18.1 Å². The molecule has 1 fully saturated rings. The van der Waals surface area contributed by atoms with Gasteiger partial charge in [-0.2, -0.15) is 0 Å². The largest absolute Gasteiger partial charge is 0.312 e. The van der Waals surface area contributed by atoms with E-state index in [0.29, 0.717) is 5.75 Å². The van der Waals surface area contributed by atoms with Gasteiger partial charge in [-0.3, -0.25) is 0 Å². The Labute approximate surface area is 119 Å². The van der Waals surface area contributed by atoms with E-state index in [1.54, 1.807) is 6.92 Å². The van der Waals surface area contributed by atoms with Crippen LogP contribution in [0.3, 0.4) is 0 Å². The molecule has 114 valence electrons. The summed E-state index contributed by atoms with van der Waals surface area (Å²) in [7, 11) is -2.84. The molecule has 0 bridgehead atoms. The molecule has 0 aromatic carbocycles. The van der Waals surface area contributed by atoms with Crippen LogP contribution in [0.2, 0.25) is 0 Å². The second kappa shape index (κ2) is 6.57. The van der Waals surface area contributed by atoms with Crippen LogP contribution in [0.1, 0.15) is 66.2 Å². The van der Waals surface area contributed by atoms with Gasteiger partial charge in [-0.05, 0) is 45.4 Å². The van der Waals surface area contributed by atoms with Crippen LogP contribution in [-0.4, -0.2) is 32.0 Å². The van der Waals surface area contributed by atoms with E-state index >= 15 is 0 Å². The van der Waals surface area contributed by atoms with Crippen LogP contribution in [0.25, 0.3) is 0 Å². The summed E-state index contributed by atoms with van der Waals surface area (Å²) in [5, 5.41) is 3.59. The van der Waals surface area contributed by atoms with Crippen molar-refractivity contribution in [3.05, 3.63) is 0 Å². The molecule has 1 saturated carbocycles. The highest BCUT2D eigenvalue weighted by atomic mass is 32.2. The molecule has 19 heavy (non-hydrogen) atoms. The number of hydrogen-bond donors (Lipinski definition) is 1. The summed E-state index contributed by atoms with van der Waals surface area (Å²) in [4.78, 5) is 0. The number of hydrogen-bond acceptors (Lipinski definition) is 3. The summed E-state index contributed by atoms with van der Waals surface area (Å²) in [6, 6.07) is 0. The lowest BCUT2D eigenvalue weighted by Gasteiger charge is -2.40. The Morgan fingerprint density at radius 1 is 1.11 bits per heavy atom. The summed E-state index contributed by atoms with van der Waals surface area (Å²) in [6.07, 6.45) is 6.98. The zero-order valence-electron chi connectivity index (χ0n) is 13.1. The molecular formula is C15H31NO2S. The fourth-order valence-electron chi connectivity index (χ4n) is 2.79. The first-order chi connectivity index (χ1) is 8.68. The van der Waals surface area contributed by atoms with Gasteiger partial charge in [0.25, 0.3) is 0 Å². The van der Waals surface area contributed by atoms with Gasteiger partial charge in [0.15, 0.2) is 0 Å². The summed E-state index contributed by atoms with van der Waals surface area (Å²) in [5.74, 6) is 0.630. The van der Waals surface area contributed by atoms with Gasteiger partial charge in [0, 0.05) is 17.8 Å². The molecule has 0 heterocycles. The van der Waals surface area contributed by atoms with Crippen molar-refractivity contribution in [2.45, 2.75) is 71.8 Å². The van der Waals surface area contributed by atoms with E-state index in [1.807, 2.05) is 0 Å². The van der Waals surface area contributed by atoms with Crippen LogP contribution in [0.4, 0.5) is 0 Å². The van der Waals surface area contributed by atoms with E-state index in [4.69, 9.17) is 0 Å². The molecule has 0 radical (unpaired) electrons. The predicted octanol–water partition coefficient (Wildman–Crippen LogP) is 3.15. The Morgan fingerprint density at radius 2 is 1.68 bits per heavy atom. The van der Waals surface area contributed by atoms with Gasteiger partial charge >= 0.3 is 0 Å². The minimum atomic E-state index is -2.84. The van der Waals surface area contributed by atoms with Crippen LogP contribution in [-0.2, 0) is 9.84 Å². The maximum Gasteiger partial charge on any atom is 0.150 e. The number of rotatable bonds is 6. The molecule has 1 aliphatic rings. The van der Waals surface area contributed by atoms with Gasteiger partial charge in [0.05, 0.1) is 5.75 Å². The summed E-state index contributed by atoms with van der Waals surface area (Å²) in [6.45, 7) is 9.22. The molecule has 0 spiro atoms. The SMILES string of the molecule is CCS(=O)(=O)CCC1(CNC(C)(C)C)CCCCC1. The Balaban J connectivity index is 2.65. The van der Waals surface area contributed by atoms with Crippen molar-refractivity contribution in [2.24, 2.45) is 5.41 Å². The zero-order valence-corrected chi connectivity index (χ0v) is 13.9. The van der Waals surface area contributed by atoms with Crippen LogP contribution in [0.15, 0.2) is 0 Å². The Bertz CT molecular complexity index is 362. The lowest BCUT2D eigenvalue weighted by molar-refractivity contribution is 0.160. The van der Waals surface area contributed by atoms with E-state index in [2.05, 4.69) is 26.1 Å². The molecule has 1 rings (SSSR count). The van der Waals surface area contributed by atoms with Crippen LogP contribution >= 0.6 is 0 Å². The highest BCUT2D eigenvalue weighted by Gasteiger charge is 2.33. The molecule has 1 aliphatic carbocycles. The van der Waals surface area contributed by atoms with Gasteiger partial charge in [0.1, 0.15) is 9.84 Å². The fraction of sp³-hybridized carbons (Fsp3) is 1.00. The van der Waals surface area contributed by atoms with E-state index in [9.17, 15) is 8.42 Å². The standard InChI is InChI=1S/C15H31NO2S/c1-5-19(17,18)12-11-15(9-7-6-8-10-15)13-16-14(2,3)4/h16H,5-13H2,1-4H3. The Hall–Kier alpha value is -0.0900. The third kappa shape index (κ3) is 6.26. The number of nitrogens with one attached hydrogen (secondary N) is 1. The van der Waals surface area contributed by atoms with Crippen LogP contribution in [0, 0.1) is 5.41 Å². The highest BCUT2D eigenvalue weighted by Crippen LogP contribution is 2.39. The van der Waals surface area contributed by atoms with E-state index in [-0.39, 0.29) is 16.7 Å². The molecule has 3 nitrogen and oxygen atoms in total. The minimum absolute atomic E-state index is 0.105. The van der Waals surface area contributed by atoms with Crippen molar-refractivity contribution < 1.29 is 8.42 Å². The average Bonchev–Trinajstić information content (AvgIpc) is 2.35. The minimum Gasteiger partial charge on any atom is -0.312 e. The van der Waals surface area contributed by atoms with Crippen LogP contribution < -0.4 is 5.32 Å². The molecule has 0 saturated heterocycles. The van der Waals surface area contributed by atoms with E-state index in [0.717, 1.165) is 13.0 Å². The molecule has 0 aromatic heterocycles. The summed E-state index contributed by atoms with van der Waals surface area (Å²) in [5.41, 5.74) is 0.307. The molecule has 1 N–H and O–H groups in total. The molecule has 0 unspecified atom stereocenters. The first-order valence-electron chi connectivity index (χ1n) is 7.64. The molecule has 0 atom stereocenters.